The summed E-state index contributed by atoms with van der Waals surface area (Å²) in [5, 5.41) is 3.21. The number of hydrazine groups is 1. The second-order valence-electron chi connectivity index (χ2n) is 4.49. The third kappa shape index (κ3) is 5.30. The summed E-state index contributed by atoms with van der Waals surface area (Å²) in [7, 11) is 0. The number of hydrogen-bond acceptors (Lipinski definition) is 3. The van der Waals surface area contributed by atoms with Gasteiger partial charge in [0, 0.05) is 14.2 Å². The van der Waals surface area contributed by atoms with Gasteiger partial charge in [-0.2, -0.15) is 0 Å². The van der Waals surface area contributed by atoms with E-state index in [0.29, 0.717) is 15.6 Å². The Morgan fingerprint density at radius 2 is 1.62 bits per heavy atom. The summed E-state index contributed by atoms with van der Waals surface area (Å²) in [5.74, 6) is -0.896. The van der Waals surface area contributed by atoms with Crippen LogP contribution in [-0.2, 0) is 0 Å². The van der Waals surface area contributed by atoms with E-state index in [9.17, 15) is 9.59 Å². The van der Waals surface area contributed by atoms with E-state index in [0.717, 1.165) is 3.57 Å². The average molecular weight is 494 g/mol. The second-order valence-corrected chi connectivity index (χ2v) is 6.99. The number of thiocarbonyl (C=S) groups is 1. The van der Waals surface area contributed by atoms with Crippen LogP contribution in [0.5, 0.6) is 0 Å². The number of halogens is 3. The van der Waals surface area contributed by atoms with Gasteiger partial charge in [0.25, 0.3) is 11.8 Å². The van der Waals surface area contributed by atoms with Crippen molar-refractivity contribution in [2.75, 3.05) is 0 Å². The number of amides is 2. The van der Waals surface area contributed by atoms with E-state index in [1.807, 2.05) is 0 Å². The molecular weight excluding hydrogens is 484 g/mol. The molecule has 0 atom stereocenters. The van der Waals surface area contributed by atoms with Gasteiger partial charge in [0.15, 0.2) is 5.11 Å². The van der Waals surface area contributed by atoms with E-state index < -0.39 is 11.8 Å². The summed E-state index contributed by atoms with van der Waals surface area (Å²) >= 11 is 18.8. The Labute approximate surface area is 167 Å². The van der Waals surface area contributed by atoms with Crippen molar-refractivity contribution in [2.24, 2.45) is 0 Å². The lowest BCUT2D eigenvalue weighted by Crippen LogP contribution is -2.48. The number of benzene rings is 2. The molecule has 0 unspecified atom stereocenters. The molecule has 2 aromatic carbocycles. The van der Waals surface area contributed by atoms with Gasteiger partial charge in [-0.25, -0.2) is 0 Å². The number of hydrogen-bond donors (Lipinski definition) is 3. The third-order valence-electron chi connectivity index (χ3n) is 2.80. The molecule has 0 spiro atoms. The highest BCUT2D eigenvalue weighted by molar-refractivity contribution is 14.1. The number of rotatable bonds is 2. The predicted octanol–water partition coefficient (Wildman–Crippen LogP) is 3.55. The minimum absolute atomic E-state index is 0.0581. The second kappa shape index (κ2) is 8.61. The molecule has 0 aliphatic carbocycles. The van der Waals surface area contributed by atoms with Crippen molar-refractivity contribution in [2.45, 2.75) is 0 Å². The van der Waals surface area contributed by atoms with Crippen LogP contribution in [0.15, 0.2) is 42.5 Å². The fourth-order valence-electron chi connectivity index (χ4n) is 1.66. The van der Waals surface area contributed by atoms with Gasteiger partial charge in [-0.3, -0.25) is 25.8 Å². The summed E-state index contributed by atoms with van der Waals surface area (Å²) in [4.78, 5) is 24.0. The first kappa shape index (κ1) is 18.9. The van der Waals surface area contributed by atoms with Crippen molar-refractivity contribution in [3.8, 4) is 0 Å². The molecule has 0 fully saturated rings. The normalized spacial score (nSPS) is 9.96. The van der Waals surface area contributed by atoms with E-state index in [1.165, 1.54) is 0 Å². The molecule has 0 heterocycles. The smallest absolute Gasteiger partial charge is 0.269 e. The molecule has 0 aromatic heterocycles. The lowest BCUT2D eigenvalue weighted by molar-refractivity contribution is 0.0934. The summed E-state index contributed by atoms with van der Waals surface area (Å²) in [5.41, 5.74) is 5.51. The molecule has 0 aliphatic heterocycles. The van der Waals surface area contributed by atoms with Crippen LogP contribution in [0.4, 0.5) is 0 Å². The predicted molar refractivity (Wildman–Crippen MR) is 106 cm³/mol. The molecule has 124 valence electrons. The maximum absolute atomic E-state index is 12.1. The Morgan fingerprint density at radius 3 is 2.29 bits per heavy atom. The van der Waals surface area contributed by atoms with Crippen molar-refractivity contribution in [1.82, 2.24) is 16.2 Å². The Hall–Kier alpha value is -1.42. The highest BCUT2D eigenvalue weighted by atomic mass is 127. The van der Waals surface area contributed by atoms with Gasteiger partial charge in [-0.1, -0.05) is 23.2 Å². The van der Waals surface area contributed by atoms with E-state index >= 15 is 0 Å². The first-order valence-corrected chi connectivity index (χ1v) is 8.73. The minimum Gasteiger partial charge on any atom is -0.298 e. The topological polar surface area (TPSA) is 70.2 Å². The van der Waals surface area contributed by atoms with Gasteiger partial charge in [0.1, 0.15) is 0 Å². The van der Waals surface area contributed by atoms with Crippen LogP contribution < -0.4 is 16.2 Å². The van der Waals surface area contributed by atoms with Crippen molar-refractivity contribution < 1.29 is 9.59 Å². The molecule has 0 saturated heterocycles. The molecule has 9 heteroatoms. The Kier molecular flexibility index (Phi) is 6.79. The summed E-state index contributed by atoms with van der Waals surface area (Å²) in [6, 6.07) is 11.3. The zero-order valence-corrected chi connectivity index (χ0v) is 16.4. The average Bonchev–Trinajstić information content (AvgIpc) is 2.55. The Balaban J connectivity index is 1.91. The van der Waals surface area contributed by atoms with Crippen molar-refractivity contribution in [1.29, 1.82) is 0 Å². The largest absolute Gasteiger partial charge is 0.298 e. The number of nitrogens with one attached hydrogen (secondary N) is 3. The lowest BCUT2D eigenvalue weighted by Gasteiger charge is -2.11. The van der Waals surface area contributed by atoms with E-state index in [1.54, 1.807) is 42.5 Å². The first-order valence-electron chi connectivity index (χ1n) is 6.49. The highest BCUT2D eigenvalue weighted by Crippen LogP contribution is 2.18. The summed E-state index contributed by atoms with van der Waals surface area (Å²) in [6.07, 6.45) is 0. The molecule has 0 saturated carbocycles. The van der Waals surface area contributed by atoms with Gasteiger partial charge in [-0.15, -0.1) is 0 Å². The number of carbonyl (C=O) groups excluding carboxylic acids is 2. The van der Waals surface area contributed by atoms with Crippen LogP contribution in [0.3, 0.4) is 0 Å². The van der Waals surface area contributed by atoms with E-state index in [2.05, 4.69) is 38.8 Å². The van der Waals surface area contributed by atoms with Crippen LogP contribution in [0.1, 0.15) is 20.7 Å². The van der Waals surface area contributed by atoms with Gasteiger partial charge >= 0.3 is 0 Å². The van der Waals surface area contributed by atoms with E-state index in [4.69, 9.17) is 35.4 Å². The summed E-state index contributed by atoms with van der Waals surface area (Å²) in [6.45, 7) is 0. The molecule has 3 N–H and O–H groups in total. The molecular formula is C15H10Cl2IN3O2S. The molecule has 2 amide bonds. The van der Waals surface area contributed by atoms with Gasteiger partial charge in [0.2, 0.25) is 0 Å². The van der Waals surface area contributed by atoms with Crippen molar-refractivity contribution in [3.63, 3.8) is 0 Å². The Bertz CT molecular complexity index is 800. The first-order chi connectivity index (χ1) is 11.4. The lowest BCUT2D eigenvalue weighted by atomic mass is 10.2. The van der Waals surface area contributed by atoms with Crippen LogP contribution >= 0.6 is 58.0 Å². The standard InChI is InChI=1S/C15H10Cl2IN3O2S/c16-9-3-1-8(2-4-9)13(22)20-21-15(24)19-14(23)11-7-10(18)5-6-12(11)17/h1-7H,(H,20,22)(H2,19,21,23,24). The fourth-order valence-corrected chi connectivity index (χ4v) is 2.62. The fraction of sp³-hybridized carbons (Fsp3) is 0. The van der Waals surface area contributed by atoms with Crippen molar-refractivity contribution in [3.05, 3.63) is 67.2 Å². The monoisotopic (exact) mass is 493 g/mol. The van der Waals surface area contributed by atoms with Crippen LogP contribution in [0, 0.1) is 3.57 Å². The van der Waals surface area contributed by atoms with Gasteiger partial charge in [-0.05, 0) is 77.3 Å². The third-order valence-corrected chi connectivity index (χ3v) is 4.25. The minimum atomic E-state index is -0.475. The summed E-state index contributed by atoms with van der Waals surface area (Å²) < 4.78 is 0.858. The zero-order valence-electron chi connectivity index (χ0n) is 11.9. The molecule has 0 bridgehead atoms. The Morgan fingerprint density at radius 1 is 0.958 bits per heavy atom. The molecule has 24 heavy (non-hydrogen) atoms. The zero-order chi connectivity index (χ0) is 17.7. The van der Waals surface area contributed by atoms with E-state index in [-0.39, 0.29) is 10.7 Å². The molecule has 5 nitrogen and oxygen atoms in total. The van der Waals surface area contributed by atoms with Crippen LogP contribution in [-0.4, -0.2) is 16.9 Å². The van der Waals surface area contributed by atoms with Gasteiger partial charge in [0.05, 0.1) is 10.6 Å². The SMILES string of the molecule is O=C(NNC(=S)NC(=O)c1cc(I)ccc1Cl)c1ccc(Cl)cc1. The maximum atomic E-state index is 12.1. The molecule has 2 rings (SSSR count). The molecule has 0 radical (unpaired) electrons. The maximum Gasteiger partial charge on any atom is 0.269 e. The number of carbonyl (C=O) groups is 2. The quantitative estimate of drug-likeness (QED) is 0.340. The van der Waals surface area contributed by atoms with Crippen LogP contribution in [0.2, 0.25) is 10.0 Å². The van der Waals surface area contributed by atoms with Gasteiger partial charge < -0.3 is 0 Å². The highest BCUT2D eigenvalue weighted by Gasteiger charge is 2.13. The van der Waals surface area contributed by atoms with Crippen LogP contribution in [0.25, 0.3) is 0 Å². The van der Waals surface area contributed by atoms with Crippen molar-refractivity contribution >= 4 is 74.9 Å². The molecule has 0 aliphatic rings. The molecule has 2 aromatic rings.